The lowest BCUT2D eigenvalue weighted by Gasteiger charge is -2.34. The molecule has 214 valence electrons. The first-order valence-electron chi connectivity index (χ1n) is 13.9. The van der Waals surface area contributed by atoms with Crippen LogP contribution in [0.1, 0.15) is 37.4 Å². The molecule has 4 aromatic rings. The standard InChI is InChI=1S/C32H36N3O6/c1-5-6-16-34-25(30(32(36-3)37-4)33-31(34)22-10-8-7-9-11-22)19-35(2,23-12-14-26-28(17-23)40-20-38-26)24-13-15-27-29(18-24)41-21-39-27/h7-15,17-18,32H,5-6,16,19-21H2,1-4H3/q+1. The maximum absolute atomic E-state index is 5.80. The maximum atomic E-state index is 5.80. The van der Waals surface area contributed by atoms with E-state index < -0.39 is 6.29 Å². The van der Waals surface area contributed by atoms with Crippen LogP contribution in [0, 0.1) is 0 Å². The van der Waals surface area contributed by atoms with Crippen LogP contribution >= 0.6 is 0 Å². The molecule has 0 bridgehead atoms. The van der Waals surface area contributed by atoms with Crippen LogP contribution in [0.5, 0.6) is 23.0 Å². The number of aromatic nitrogens is 2. The van der Waals surface area contributed by atoms with Crippen molar-refractivity contribution in [2.24, 2.45) is 0 Å². The zero-order valence-electron chi connectivity index (χ0n) is 24.0. The van der Waals surface area contributed by atoms with E-state index in [2.05, 4.69) is 54.9 Å². The summed E-state index contributed by atoms with van der Waals surface area (Å²) < 4.78 is 37.2. The van der Waals surface area contributed by atoms with Gasteiger partial charge in [0.25, 0.3) is 0 Å². The van der Waals surface area contributed by atoms with Crippen molar-refractivity contribution in [3.05, 3.63) is 78.1 Å². The third-order valence-electron chi connectivity index (χ3n) is 7.84. The highest BCUT2D eigenvalue weighted by atomic mass is 16.7. The second-order valence-corrected chi connectivity index (χ2v) is 10.4. The monoisotopic (exact) mass is 558 g/mol. The molecular formula is C32H36N3O6+. The van der Waals surface area contributed by atoms with Gasteiger partial charge in [0.2, 0.25) is 19.9 Å². The van der Waals surface area contributed by atoms with Crippen molar-refractivity contribution in [1.82, 2.24) is 14.0 Å². The van der Waals surface area contributed by atoms with Crippen molar-refractivity contribution < 1.29 is 28.4 Å². The summed E-state index contributed by atoms with van der Waals surface area (Å²) in [6, 6.07) is 22.5. The lowest BCUT2D eigenvalue weighted by Crippen LogP contribution is -2.40. The molecule has 0 N–H and O–H groups in total. The van der Waals surface area contributed by atoms with Gasteiger partial charge < -0.3 is 33.0 Å². The van der Waals surface area contributed by atoms with Crippen LogP contribution in [0.2, 0.25) is 0 Å². The average molecular weight is 559 g/mol. The Balaban J connectivity index is 1.56. The second kappa shape index (κ2) is 11.4. The summed E-state index contributed by atoms with van der Waals surface area (Å²) in [5, 5.41) is 0. The van der Waals surface area contributed by atoms with Gasteiger partial charge in [0, 0.05) is 50.6 Å². The van der Waals surface area contributed by atoms with E-state index in [1.165, 1.54) is 0 Å². The predicted octanol–water partition coefficient (Wildman–Crippen LogP) is 6.57. The van der Waals surface area contributed by atoms with Crippen LogP contribution in [-0.4, -0.2) is 44.4 Å². The molecule has 0 fully saturated rings. The minimum Gasteiger partial charge on any atom is -0.454 e. The van der Waals surface area contributed by atoms with Crippen molar-refractivity contribution >= 4 is 11.4 Å². The van der Waals surface area contributed by atoms with Gasteiger partial charge >= 0.3 is 0 Å². The normalized spacial score (nSPS) is 13.8. The molecule has 0 unspecified atom stereocenters. The number of hydrogen-bond acceptors (Lipinski definition) is 7. The van der Waals surface area contributed by atoms with E-state index in [9.17, 15) is 0 Å². The molecule has 0 amide bonds. The van der Waals surface area contributed by atoms with Gasteiger partial charge in [0.1, 0.15) is 35.1 Å². The number of rotatable bonds is 11. The largest absolute Gasteiger partial charge is 0.454 e. The molecule has 0 aliphatic carbocycles. The third kappa shape index (κ3) is 5.01. The SMILES string of the molecule is CCCCn1c(-c2ccccc2)nc(C(OC)OC)c1C[N+](C)(c1ccc2c(c1)OCO2)c1ccc2c(c1)OCO2. The number of fused-ring (bicyclic) bond motifs is 2. The van der Waals surface area contributed by atoms with Crippen LogP contribution in [0.4, 0.5) is 11.4 Å². The summed E-state index contributed by atoms with van der Waals surface area (Å²) >= 11 is 0. The van der Waals surface area contributed by atoms with E-state index in [-0.39, 0.29) is 13.6 Å². The molecule has 2 aliphatic heterocycles. The van der Waals surface area contributed by atoms with Crippen molar-refractivity contribution in [2.45, 2.75) is 39.1 Å². The fraction of sp³-hybridized carbons (Fsp3) is 0.344. The highest BCUT2D eigenvalue weighted by Gasteiger charge is 2.37. The molecule has 0 spiro atoms. The molecule has 3 heterocycles. The highest BCUT2D eigenvalue weighted by Crippen LogP contribution is 2.45. The van der Waals surface area contributed by atoms with E-state index in [0.29, 0.717) is 11.0 Å². The molecule has 2 aliphatic rings. The van der Waals surface area contributed by atoms with Gasteiger partial charge in [0.05, 0.1) is 7.05 Å². The zero-order valence-corrected chi connectivity index (χ0v) is 24.0. The van der Waals surface area contributed by atoms with Crippen LogP contribution < -0.4 is 23.4 Å². The van der Waals surface area contributed by atoms with Crippen LogP contribution in [0.3, 0.4) is 0 Å². The Morgan fingerprint density at radius 2 is 1.41 bits per heavy atom. The van der Waals surface area contributed by atoms with Gasteiger partial charge in [-0.15, -0.1) is 0 Å². The number of nitrogens with zero attached hydrogens (tertiary/aromatic N) is 3. The second-order valence-electron chi connectivity index (χ2n) is 10.4. The Hall–Kier alpha value is -4.05. The van der Waals surface area contributed by atoms with E-state index >= 15 is 0 Å². The Bertz CT molecular complexity index is 1460. The summed E-state index contributed by atoms with van der Waals surface area (Å²) in [5.74, 6) is 3.83. The lowest BCUT2D eigenvalue weighted by atomic mass is 10.1. The molecule has 0 saturated carbocycles. The van der Waals surface area contributed by atoms with Gasteiger partial charge in [-0.05, 0) is 18.6 Å². The summed E-state index contributed by atoms with van der Waals surface area (Å²) in [4.78, 5) is 5.18. The minimum absolute atomic E-state index is 0.213. The third-order valence-corrected chi connectivity index (χ3v) is 7.84. The molecule has 41 heavy (non-hydrogen) atoms. The van der Waals surface area contributed by atoms with Crippen LogP contribution in [-0.2, 0) is 22.6 Å². The van der Waals surface area contributed by atoms with E-state index in [1.807, 2.05) is 30.3 Å². The van der Waals surface area contributed by atoms with Gasteiger partial charge in [-0.2, -0.15) is 0 Å². The van der Waals surface area contributed by atoms with Crippen molar-refractivity contribution in [3.8, 4) is 34.4 Å². The minimum atomic E-state index is -0.628. The van der Waals surface area contributed by atoms with Crippen molar-refractivity contribution in [2.75, 3.05) is 34.9 Å². The van der Waals surface area contributed by atoms with Crippen molar-refractivity contribution in [1.29, 1.82) is 0 Å². The number of benzene rings is 3. The first-order valence-corrected chi connectivity index (χ1v) is 13.9. The summed E-state index contributed by atoms with van der Waals surface area (Å²) in [5.41, 5.74) is 4.88. The fourth-order valence-corrected chi connectivity index (χ4v) is 5.56. The zero-order chi connectivity index (χ0) is 28.4. The Labute approximate surface area is 240 Å². The quantitative estimate of drug-likeness (QED) is 0.152. The Kier molecular flexibility index (Phi) is 7.57. The molecule has 3 aromatic carbocycles. The maximum Gasteiger partial charge on any atom is 0.231 e. The lowest BCUT2D eigenvalue weighted by molar-refractivity contribution is -0.109. The molecule has 9 heteroatoms. The number of imidazole rings is 1. The Morgan fingerprint density at radius 3 is 1.98 bits per heavy atom. The van der Waals surface area contributed by atoms with Gasteiger partial charge in [0.15, 0.2) is 23.0 Å². The number of unbranched alkanes of at least 4 members (excludes halogenated alkanes) is 1. The molecule has 0 atom stereocenters. The molecule has 0 saturated heterocycles. The van der Waals surface area contributed by atoms with E-state index in [0.717, 1.165) is 76.5 Å². The smallest absolute Gasteiger partial charge is 0.231 e. The molecule has 9 nitrogen and oxygen atoms in total. The summed E-state index contributed by atoms with van der Waals surface area (Å²) in [6.07, 6.45) is 1.43. The topological polar surface area (TPSA) is 73.2 Å². The number of hydrogen-bond donors (Lipinski definition) is 0. The molecule has 6 rings (SSSR count). The number of quaternary nitrogens is 1. The first kappa shape index (κ1) is 27.1. The van der Waals surface area contributed by atoms with Gasteiger partial charge in [-0.3, -0.25) is 4.48 Å². The predicted molar refractivity (Wildman–Crippen MR) is 156 cm³/mol. The van der Waals surface area contributed by atoms with Crippen LogP contribution in [0.25, 0.3) is 11.4 Å². The average Bonchev–Trinajstić information content (AvgIpc) is 3.75. The molecular weight excluding hydrogens is 522 g/mol. The Morgan fingerprint density at radius 1 is 0.829 bits per heavy atom. The van der Waals surface area contributed by atoms with E-state index in [1.54, 1.807) is 14.2 Å². The summed E-state index contributed by atoms with van der Waals surface area (Å²) in [6.45, 7) is 3.99. The fourth-order valence-electron chi connectivity index (χ4n) is 5.56. The molecule has 0 radical (unpaired) electrons. The first-order chi connectivity index (χ1) is 20.1. The molecule has 1 aromatic heterocycles. The summed E-state index contributed by atoms with van der Waals surface area (Å²) in [7, 11) is 5.48. The number of methoxy groups -OCH3 is 2. The highest BCUT2D eigenvalue weighted by molar-refractivity contribution is 5.66. The van der Waals surface area contributed by atoms with Crippen molar-refractivity contribution in [3.63, 3.8) is 0 Å². The van der Waals surface area contributed by atoms with Gasteiger partial charge in [-0.1, -0.05) is 43.7 Å². The van der Waals surface area contributed by atoms with Gasteiger partial charge in [-0.25, -0.2) is 4.98 Å². The number of ether oxygens (including phenoxy) is 6. The van der Waals surface area contributed by atoms with Crippen LogP contribution in [0.15, 0.2) is 66.7 Å². The van der Waals surface area contributed by atoms with E-state index in [4.69, 9.17) is 33.4 Å².